The molecule has 0 aromatic heterocycles. The molecule has 4 aliphatic rings. The quantitative estimate of drug-likeness (QED) is 0.423. The van der Waals surface area contributed by atoms with Crippen molar-refractivity contribution in [1.82, 2.24) is 4.90 Å². The normalized spacial score (nSPS) is 33.2. The summed E-state index contributed by atoms with van der Waals surface area (Å²) in [5, 5.41) is 11.1. The van der Waals surface area contributed by atoms with Crippen LogP contribution >= 0.6 is 23.4 Å². The van der Waals surface area contributed by atoms with Crippen LogP contribution in [0.25, 0.3) is 0 Å². The Morgan fingerprint density at radius 2 is 1.77 bits per heavy atom. The molecule has 4 heterocycles. The van der Waals surface area contributed by atoms with Crippen LogP contribution in [0, 0.1) is 11.8 Å². The van der Waals surface area contributed by atoms with E-state index in [1.807, 2.05) is 61.5 Å². The fourth-order valence-corrected chi connectivity index (χ4v) is 9.20. The number of fused-ring (bicyclic) bond motifs is 2. The predicted molar refractivity (Wildman–Crippen MR) is 155 cm³/mol. The zero-order valence-corrected chi connectivity index (χ0v) is 23.7. The number of benzene rings is 2. The van der Waals surface area contributed by atoms with Crippen molar-refractivity contribution in [3.63, 3.8) is 0 Å². The molecule has 1 N–H and O–H groups in total. The molecule has 2 amide bonds. The second-order valence-electron chi connectivity index (χ2n) is 10.9. The number of thioether (sulfide) groups is 1. The van der Waals surface area contributed by atoms with E-state index in [4.69, 9.17) is 16.3 Å². The van der Waals surface area contributed by atoms with E-state index < -0.39 is 39.4 Å². The maximum atomic E-state index is 14.7. The third kappa shape index (κ3) is 4.11. The molecule has 7 nitrogen and oxygen atoms in total. The van der Waals surface area contributed by atoms with Crippen LogP contribution < -0.4 is 4.90 Å². The molecule has 2 aromatic rings. The Kier molecular flexibility index (Phi) is 7.05. The van der Waals surface area contributed by atoms with Crippen molar-refractivity contribution < 1.29 is 24.2 Å². The highest BCUT2D eigenvalue weighted by Crippen LogP contribution is 2.66. The minimum Gasteiger partial charge on any atom is -0.465 e. The Labute approximate surface area is 242 Å². The number of cyclic esters (lactones) is 1. The first-order valence-corrected chi connectivity index (χ1v) is 14.8. The lowest BCUT2D eigenvalue weighted by molar-refractivity contribution is -0.154. The number of allylic oxidation sites excluding steroid dienone is 1. The molecule has 0 saturated carbocycles. The molecule has 6 atom stereocenters. The summed E-state index contributed by atoms with van der Waals surface area (Å²) >= 11 is 8.04. The molecule has 1 unspecified atom stereocenters. The highest BCUT2D eigenvalue weighted by Gasteiger charge is 2.74. The Morgan fingerprint density at radius 1 is 1.02 bits per heavy atom. The van der Waals surface area contributed by atoms with Crippen molar-refractivity contribution in [1.29, 1.82) is 0 Å². The molecule has 208 valence electrons. The third-order valence-corrected chi connectivity index (χ3v) is 10.6. The predicted octanol–water partition coefficient (Wildman–Crippen LogP) is 4.56. The van der Waals surface area contributed by atoms with Crippen molar-refractivity contribution >= 4 is 46.8 Å². The van der Waals surface area contributed by atoms with Gasteiger partial charge in [-0.2, -0.15) is 0 Å². The molecule has 0 aliphatic carbocycles. The lowest BCUT2D eigenvalue weighted by Crippen LogP contribution is -2.54. The third-order valence-electron chi connectivity index (χ3n) is 8.52. The van der Waals surface area contributed by atoms with E-state index in [-0.39, 0.29) is 31.6 Å². The van der Waals surface area contributed by atoms with Crippen molar-refractivity contribution in [2.45, 2.75) is 41.3 Å². The first-order valence-electron chi connectivity index (χ1n) is 13.6. The van der Waals surface area contributed by atoms with Crippen LogP contribution in [0.3, 0.4) is 0 Å². The molecule has 2 fully saturated rings. The Bertz CT molecular complexity index is 1400. The first-order chi connectivity index (χ1) is 19.3. The Balaban J connectivity index is 1.55. The number of likely N-dealkylation sites (tertiary alicyclic amines) is 1. The number of aliphatic hydroxyl groups excluding tert-OH is 1. The molecule has 40 heavy (non-hydrogen) atoms. The summed E-state index contributed by atoms with van der Waals surface area (Å²) < 4.78 is 3.87. The van der Waals surface area contributed by atoms with Gasteiger partial charge in [-0.1, -0.05) is 78.4 Å². The average Bonchev–Trinajstić information content (AvgIpc) is 3.30. The highest BCUT2D eigenvalue weighted by molar-refractivity contribution is 8.02. The van der Waals surface area contributed by atoms with Gasteiger partial charge in [0.1, 0.15) is 6.04 Å². The molecule has 2 saturated heterocycles. The van der Waals surface area contributed by atoms with Crippen molar-refractivity contribution in [3.05, 3.63) is 89.5 Å². The summed E-state index contributed by atoms with van der Waals surface area (Å²) in [6.45, 7) is 2.12. The van der Waals surface area contributed by atoms with Gasteiger partial charge in [-0.3, -0.25) is 14.4 Å². The van der Waals surface area contributed by atoms with E-state index in [2.05, 4.69) is 6.08 Å². The van der Waals surface area contributed by atoms with E-state index in [0.29, 0.717) is 22.7 Å². The molecule has 0 bridgehead atoms. The standard InChI is InChI=1S/C31H31ClN2O5S/c1-30-15-8-3-9-18-39-29(38)25(30)24-27(36)34(23(19-35)20-11-4-2-5-12-20)26-28(37)33(17-10-16-31(24,26)40-30)22-14-7-6-13-21(22)32/h2,4-8,10-16,23-26,35H,3,9,17-19H2,1H3/b15-8-/t23-,24+,25+,26?,30-,31+/m1/s1. The number of para-hydroxylation sites is 1. The van der Waals surface area contributed by atoms with Crippen LogP contribution in [0.2, 0.25) is 5.02 Å². The summed E-state index contributed by atoms with van der Waals surface area (Å²) in [7, 11) is 0. The number of ether oxygens (including phenoxy) is 1. The van der Waals surface area contributed by atoms with Gasteiger partial charge >= 0.3 is 5.97 Å². The maximum absolute atomic E-state index is 14.7. The highest BCUT2D eigenvalue weighted by atomic mass is 35.5. The first kappa shape index (κ1) is 27.1. The molecular weight excluding hydrogens is 548 g/mol. The molecule has 0 radical (unpaired) electrons. The number of amides is 2. The van der Waals surface area contributed by atoms with Crippen molar-refractivity contribution in [2.24, 2.45) is 11.8 Å². The molecule has 4 aliphatic heterocycles. The lowest BCUT2D eigenvalue weighted by Gasteiger charge is -2.40. The molecule has 9 heteroatoms. The van der Waals surface area contributed by atoms with Gasteiger partial charge in [-0.25, -0.2) is 0 Å². The van der Waals surface area contributed by atoms with Crippen LogP contribution in [0.4, 0.5) is 5.69 Å². The van der Waals surface area contributed by atoms with Gasteiger partial charge in [0.2, 0.25) is 5.91 Å². The van der Waals surface area contributed by atoms with Crippen LogP contribution in [-0.2, 0) is 19.1 Å². The topological polar surface area (TPSA) is 87.1 Å². The second kappa shape index (κ2) is 10.4. The van der Waals surface area contributed by atoms with Gasteiger partial charge in [0.15, 0.2) is 0 Å². The number of halogens is 1. The maximum Gasteiger partial charge on any atom is 0.311 e. The van der Waals surface area contributed by atoms with Gasteiger partial charge in [-0.05, 0) is 37.5 Å². The molecule has 2 aromatic carbocycles. The molecular formula is C31H31ClN2O5S. The van der Waals surface area contributed by atoms with Crippen LogP contribution in [0.15, 0.2) is 78.9 Å². The van der Waals surface area contributed by atoms with Crippen LogP contribution in [0.1, 0.15) is 31.4 Å². The summed E-state index contributed by atoms with van der Waals surface area (Å²) in [4.78, 5) is 46.1. The zero-order valence-electron chi connectivity index (χ0n) is 22.1. The zero-order chi connectivity index (χ0) is 28.1. The minimum atomic E-state index is -1.06. The SMILES string of the molecule is C[C@@]12/C=C\CCCOC(=O)[C@@H]1[C@H]1C(=O)N([C@H](CO)c3ccccc3)C3C(=O)N(c4ccccc4Cl)CC=C[C@@]31S2. The summed E-state index contributed by atoms with van der Waals surface area (Å²) in [5.74, 6) is -2.72. The average molecular weight is 579 g/mol. The monoisotopic (exact) mass is 578 g/mol. The van der Waals surface area contributed by atoms with Gasteiger partial charge in [0.25, 0.3) is 5.91 Å². The number of carbonyl (C=O) groups excluding carboxylic acids is 3. The van der Waals surface area contributed by atoms with E-state index in [1.165, 1.54) is 16.7 Å². The van der Waals surface area contributed by atoms with Gasteiger partial charge in [0, 0.05) is 11.3 Å². The summed E-state index contributed by atoms with van der Waals surface area (Å²) in [6.07, 6.45) is 9.39. The fraction of sp³-hybridized carbons (Fsp3) is 0.387. The number of aliphatic hydroxyl groups is 1. The number of hydrogen-bond acceptors (Lipinski definition) is 6. The summed E-state index contributed by atoms with van der Waals surface area (Å²) in [6, 6.07) is 14.6. The Hall–Kier alpha value is -3.07. The van der Waals surface area contributed by atoms with E-state index in [1.54, 1.807) is 23.1 Å². The van der Waals surface area contributed by atoms with Crippen molar-refractivity contribution in [3.8, 4) is 0 Å². The van der Waals surface area contributed by atoms with Crippen molar-refractivity contribution in [2.75, 3.05) is 24.7 Å². The number of esters is 1. The number of anilines is 1. The fourth-order valence-electron chi connectivity index (χ4n) is 6.83. The van der Waals surface area contributed by atoms with Gasteiger partial charge in [0.05, 0.1) is 46.5 Å². The molecule has 6 rings (SSSR count). The van der Waals surface area contributed by atoms with Gasteiger partial charge in [-0.15, -0.1) is 11.8 Å². The van der Waals surface area contributed by atoms with E-state index >= 15 is 0 Å². The number of rotatable bonds is 4. The number of nitrogens with zero attached hydrogens (tertiary/aromatic N) is 2. The molecule has 1 spiro atoms. The van der Waals surface area contributed by atoms with E-state index in [0.717, 1.165) is 6.42 Å². The Morgan fingerprint density at radius 3 is 2.52 bits per heavy atom. The van der Waals surface area contributed by atoms with Crippen LogP contribution in [0.5, 0.6) is 0 Å². The van der Waals surface area contributed by atoms with Crippen LogP contribution in [-0.4, -0.2) is 63.1 Å². The number of hydrogen-bond donors (Lipinski definition) is 1. The minimum absolute atomic E-state index is 0.257. The lowest BCUT2D eigenvalue weighted by atomic mass is 9.74. The van der Waals surface area contributed by atoms with Gasteiger partial charge < -0.3 is 19.6 Å². The van der Waals surface area contributed by atoms with E-state index in [9.17, 15) is 19.5 Å². The summed E-state index contributed by atoms with van der Waals surface area (Å²) in [5.41, 5.74) is 1.26. The largest absolute Gasteiger partial charge is 0.465 e. The second-order valence-corrected chi connectivity index (χ2v) is 13.1. The smallest absolute Gasteiger partial charge is 0.311 e. The number of carbonyl (C=O) groups is 3.